The quantitative estimate of drug-likeness (QED) is 0.671. The van der Waals surface area contributed by atoms with Crippen molar-refractivity contribution in [3.05, 3.63) is 44.4 Å². The number of nitrogens with zero attached hydrogens (tertiary/aromatic N) is 3. The van der Waals surface area contributed by atoms with Gasteiger partial charge in [-0.1, -0.05) is 30.4 Å². The molecule has 7 heteroatoms. The van der Waals surface area contributed by atoms with Gasteiger partial charge in [0, 0.05) is 18.2 Å². The molecule has 0 aliphatic rings. The molecular formula is C12H14N4O2S. The Bertz CT molecular complexity index is 597. The van der Waals surface area contributed by atoms with Gasteiger partial charge in [0.1, 0.15) is 5.01 Å². The molecule has 0 aliphatic heterocycles. The average Bonchev–Trinajstić information content (AvgIpc) is 2.85. The van der Waals surface area contributed by atoms with Gasteiger partial charge in [0.25, 0.3) is 5.69 Å². The van der Waals surface area contributed by atoms with Gasteiger partial charge in [-0.25, -0.2) is 0 Å². The molecule has 0 radical (unpaired) electrons. The number of nitrogens with one attached hydrogen (secondary N) is 1. The number of nitro groups is 1. The Labute approximate surface area is 114 Å². The Balaban J connectivity index is 2.07. The maximum atomic E-state index is 10.9. The molecule has 1 aromatic heterocycles. The number of nitro benzene ring substituents is 1. The van der Waals surface area contributed by atoms with Crippen LogP contribution < -0.4 is 5.32 Å². The van der Waals surface area contributed by atoms with Crippen LogP contribution in [0.5, 0.6) is 0 Å². The lowest BCUT2D eigenvalue weighted by Gasteiger charge is -2.03. The van der Waals surface area contributed by atoms with Crippen LogP contribution in [0.3, 0.4) is 0 Å². The van der Waals surface area contributed by atoms with Gasteiger partial charge in [-0.15, -0.1) is 10.2 Å². The average molecular weight is 278 g/mol. The number of rotatable bonds is 5. The van der Waals surface area contributed by atoms with Gasteiger partial charge < -0.3 is 5.32 Å². The summed E-state index contributed by atoms with van der Waals surface area (Å²) in [6.07, 6.45) is 0.856. The Morgan fingerprint density at radius 2 is 2.21 bits per heavy atom. The minimum absolute atomic E-state index is 0.144. The Morgan fingerprint density at radius 1 is 1.42 bits per heavy atom. The van der Waals surface area contributed by atoms with Gasteiger partial charge in [0.2, 0.25) is 5.13 Å². The maximum absolute atomic E-state index is 10.9. The topological polar surface area (TPSA) is 81.0 Å². The summed E-state index contributed by atoms with van der Waals surface area (Å²) in [5.74, 6) is 0. The molecule has 1 N–H and O–H groups in total. The highest BCUT2D eigenvalue weighted by molar-refractivity contribution is 7.15. The molecule has 0 saturated carbocycles. The van der Waals surface area contributed by atoms with Crippen molar-refractivity contribution >= 4 is 22.2 Å². The fourth-order valence-corrected chi connectivity index (χ4v) is 2.28. The highest BCUT2D eigenvalue weighted by atomic mass is 32.1. The number of hydrogen-bond acceptors (Lipinski definition) is 6. The van der Waals surface area contributed by atoms with Crippen molar-refractivity contribution in [3.63, 3.8) is 0 Å². The van der Waals surface area contributed by atoms with Crippen molar-refractivity contribution in [2.24, 2.45) is 0 Å². The maximum Gasteiger partial charge on any atom is 0.272 e. The standard InChI is InChI=1S/C12H14N4O2S/c1-3-11-14-15-12(19-11)13-7-9-5-4-8(2)10(6-9)16(17)18/h4-6H,3,7H2,1-2H3,(H,13,15). The number of anilines is 1. The third-order valence-corrected chi connectivity index (χ3v) is 3.71. The molecule has 6 nitrogen and oxygen atoms in total. The summed E-state index contributed by atoms with van der Waals surface area (Å²) in [5.41, 5.74) is 1.66. The van der Waals surface area contributed by atoms with E-state index in [9.17, 15) is 10.1 Å². The van der Waals surface area contributed by atoms with E-state index in [0.717, 1.165) is 22.1 Å². The van der Waals surface area contributed by atoms with Crippen molar-refractivity contribution in [2.45, 2.75) is 26.8 Å². The lowest BCUT2D eigenvalue weighted by molar-refractivity contribution is -0.385. The van der Waals surface area contributed by atoms with Crippen LogP contribution in [0, 0.1) is 17.0 Å². The first-order valence-corrected chi connectivity index (χ1v) is 6.72. The SMILES string of the molecule is CCc1nnc(NCc2ccc(C)c([N+](=O)[O-])c2)s1. The molecule has 2 rings (SSSR count). The summed E-state index contributed by atoms with van der Waals surface area (Å²) in [6.45, 7) is 4.25. The second-order valence-corrected chi connectivity index (χ2v) is 5.15. The lowest BCUT2D eigenvalue weighted by atomic mass is 10.1. The summed E-state index contributed by atoms with van der Waals surface area (Å²) >= 11 is 1.50. The molecule has 0 spiro atoms. The molecule has 0 amide bonds. The molecule has 1 aromatic carbocycles. The van der Waals surface area contributed by atoms with E-state index >= 15 is 0 Å². The molecule has 1 heterocycles. The van der Waals surface area contributed by atoms with E-state index in [1.54, 1.807) is 19.1 Å². The van der Waals surface area contributed by atoms with E-state index in [0.29, 0.717) is 12.1 Å². The lowest BCUT2D eigenvalue weighted by Crippen LogP contribution is -2.00. The van der Waals surface area contributed by atoms with E-state index in [1.165, 1.54) is 11.3 Å². The first-order chi connectivity index (χ1) is 9.10. The van der Waals surface area contributed by atoms with Crippen LogP contribution in [0.2, 0.25) is 0 Å². The molecule has 19 heavy (non-hydrogen) atoms. The van der Waals surface area contributed by atoms with Crippen molar-refractivity contribution in [1.29, 1.82) is 0 Å². The van der Waals surface area contributed by atoms with E-state index in [-0.39, 0.29) is 10.6 Å². The fraction of sp³-hybridized carbons (Fsp3) is 0.333. The van der Waals surface area contributed by atoms with Gasteiger partial charge in [-0.2, -0.15) is 0 Å². The highest BCUT2D eigenvalue weighted by Crippen LogP contribution is 2.21. The van der Waals surface area contributed by atoms with Crippen molar-refractivity contribution in [3.8, 4) is 0 Å². The first-order valence-electron chi connectivity index (χ1n) is 5.90. The fourth-order valence-electron chi connectivity index (χ4n) is 1.61. The van der Waals surface area contributed by atoms with Gasteiger partial charge >= 0.3 is 0 Å². The van der Waals surface area contributed by atoms with Crippen molar-refractivity contribution in [1.82, 2.24) is 10.2 Å². The van der Waals surface area contributed by atoms with E-state index in [1.807, 2.05) is 13.0 Å². The number of aryl methyl sites for hydroxylation is 2. The van der Waals surface area contributed by atoms with Crippen LogP contribution in [0.25, 0.3) is 0 Å². The third kappa shape index (κ3) is 3.25. The molecule has 100 valence electrons. The molecule has 0 bridgehead atoms. The highest BCUT2D eigenvalue weighted by Gasteiger charge is 2.11. The van der Waals surface area contributed by atoms with Crippen LogP contribution in [0.1, 0.15) is 23.1 Å². The van der Waals surface area contributed by atoms with E-state index in [4.69, 9.17) is 0 Å². The van der Waals surface area contributed by atoms with Crippen LogP contribution >= 0.6 is 11.3 Å². The summed E-state index contributed by atoms with van der Waals surface area (Å²) in [5, 5.41) is 23.7. The normalized spacial score (nSPS) is 10.4. The van der Waals surface area contributed by atoms with Crippen molar-refractivity contribution in [2.75, 3.05) is 5.32 Å². The second-order valence-electron chi connectivity index (χ2n) is 4.09. The second kappa shape index (κ2) is 5.75. The summed E-state index contributed by atoms with van der Waals surface area (Å²) < 4.78 is 0. The molecule has 0 aliphatic carbocycles. The first kappa shape index (κ1) is 13.4. The summed E-state index contributed by atoms with van der Waals surface area (Å²) in [4.78, 5) is 10.5. The van der Waals surface area contributed by atoms with Gasteiger partial charge in [-0.05, 0) is 18.9 Å². The minimum atomic E-state index is -0.362. The minimum Gasteiger partial charge on any atom is -0.356 e. The molecule has 0 saturated heterocycles. The van der Waals surface area contributed by atoms with E-state index < -0.39 is 0 Å². The predicted molar refractivity (Wildman–Crippen MR) is 74.4 cm³/mol. The number of benzene rings is 1. The molecular weight excluding hydrogens is 264 g/mol. The van der Waals surface area contributed by atoms with Crippen molar-refractivity contribution < 1.29 is 4.92 Å². The molecule has 0 unspecified atom stereocenters. The zero-order valence-corrected chi connectivity index (χ0v) is 11.5. The zero-order chi connectivity index (χ0) is 13.8. The molecule has 2 aromatic rings. The predicted octanol–water partition coefficient (Wildman–Crippen LogP) is 2.93. The van der Waals surface area contributed by atoms with Gasteiger partial charge in [-0.3, -0.25) is 10.1 Å². The number of aromatic nitrogens is 2. The van der Waals surface area contributed by atoms with Crippen LogP contribution in [-0.2, 0) is 13.0 Å². The zero-order valence-electron chi connectivity index (χ0n) is 10.7. The molecule has 0 atom stereocenters. The largest absolute Gasteiger partial charge is 0.356 e. The van der Waals surface area contributed by atoms with Crippen LogP contribution in [0.15, 0.2) is 18.2 Å². The summed E-state index contributed by atoms with van der Waals surface area (Å²) in [7, 11) is 0. The number of hydrogen-bond donors (Lipinski definition) is 1. The summed E-state index contributed by atoms with van der Waals surface area (Å²) in [6, 6.07) is 5.22. The Kier molecular flexibility index (Phi) is 4.06. The molecule has 0 fully saturated rings. The Hall–Kier alpha value is -2.02. The van der Waals surface area contributed by atoms with Crippen LogP contribution in [-0.4, -0.2) is 15.1 Å². The Morgan fingerprint density at radius 3 is 2.84 bits per heavy atom. The van der Waals surface area contributed by atoms with Gasteiger partial charge in [0.05, 0.1) is 4.92 Å². The third-order valence-electron chi connectivity index (χ3n) is 2.68. The van der Waals surface area contributed by atoms with E-state index in [2.05, 4.69) is 15.5 Å². The monoisotopic (exact) mass is 278 g/mol. The van der Waals surface area contributed by atoms with Crippen LogP contribution in [0.4, 0.5) is 10.8 Å². The smallest absolute Gasteiger partial charge is 0.272 e. The van der Waals surface area contributed by atoms with Gasteiger partial charge in [0.15, 0.2) is 0 Å².